The van der Waals surface area contributed by atoms with Crippen molar-refractivity contribution < 1.29 is 93.3 Å². The molecule has 0 aliphatic rings. The molecule has 0 aromatic heterocycles. The van der Waals surface area contributed by atoms with Gasteiger partial charge in [-0.1, -0.05) is 0 Å². The third-order valence-corrected chi connectivity index (χ3v) is 9.92. The van der Waals surface area contributed by atoms with Crippen LogP contribution in [-0.2, 0) is 57.5 Å². The number of rotatable bonds is 38. The average Bonchev–Trinajstić information content (AvgIpc) is 3.29. The van der Waals surface area contributed by atoms with Crippen LogP contribution in [0, 0.1) is 0 Å². The predicted molar refractivity (Wildman–Crippen MR) is 238 cm³/mol. The second kappa shape index (κ2) is 34.6. The van der Waals surface area contributed by atoms with E-state index < -0.39 is 165 Å². The first-order chi connectivity index (χ1) is 33.0. The summed E-state index contributed by atoms with van der Waals surface area (Å²) < 4.78 is 0. The topological polar surface area (TPSA) is 547 Å². The summed E-state index contributed by atoms with van der Waals surface area (Å²) in [6.07, 6.45) is -2.29. The number of hydrogen-bond donors (Lipinski definition) is 19. The van der Waals surface area contributed by atoms with Crippen molar-refractivity contribution in [3.05, 3.63) is 0 Å². The summed E-state index contributed by atoms with van der Waals surface area (Å²) in [7, 11) is 0. The molecule has 31 nitrogen and oxygen atoms in total. The highest BCUT2D eigenvalue weighted by Crippen LogP contribution is 2.08. The van der Waals surface area contributed by atoms with Crippen molar-refractivity contribution in [3.8, 4) is 0 Å². The Kier molecular flexibility index (Phi) is 31.3. The van der Waals surface area contributed by atoms with E-state index in [2.05, 4.69) is 31.9 Å². The van der Waals surface area contributed by atoms with Gasteiger partial charge in [0.2, 0.25) is 47.3 Å². The lowest BCUT2D eigenvalue weighted by atomic mass is 10.1. The number of aliphatic hydroxyl groups excluding tert-OH is 3. The average molecular weight is 1010 g/mol. The first-order valence-corrected chi connectivity index (χ1v) is 22.0. The first kappa shape index (κ1) is 63.4. The van der Waals surface area contributed by atoms with Crippen molar-refractivity contribution in [2.75, 3.05) is 39.5 Å². The lowest BCUT2D eigenvalue weighted by Crippen LogP contribution is -2.61. The molecule has 8 amide bonds. The molecule has 0 saturated heterocycles. The molecule has 0 aliphatic carbocycles. The van der Waals surface area contributed by atoms with Gasteiger partial charge in [0.15, 0.2) is 0 Å². The van der Waals surface area contributed by atoms with E-state index in [1.807, 2.05) is 10.6 Å². The maximum atomic E-state index is 13.7. The van der Waals surface area contributed by atoms with E-state index in [1.165, 1.54) is 0 Å². The van der Waals surface area contributed by atoms with Crippen molar-refractivity contribution in [3.63, 3.8) is 0 Å². The minimum atomic E-state index is -2.05. The quantitative estimate of drug-likeness (QED) is 0.0255. The lowest BCUT2D eigenvalue weighted by molar-refractivity contribution is -0.147. The van der Waals surface area contributed by atoms with Crippen LogP contribution in [0.3, 0.4) is 0 Å². The largest absolute Gasteiger partial charge is 0.481 e. The monoisotopic (exact) mass is 1010 g/mol. The predicted octanol–water partition coefficient (Wildman–Crippen LogP) is -8.94. The fourth-order valence-corrected chi connectivity index (χ4v) is 6.08. The maximum absolute atomic E-state index is 13.7. The third kappa shape index (κ3) is 25.1. The minimum Gasteiger partial charge on any atom is -0.481 e. The van der Waals surface area contributed by atoms with Gasteiger partial charge in [-0.05, 0) is 77.4 Å². The molecule has 0 radical (unpaired) electrons. The Labute approximate surface area is 400 Å². The molecule has 0 unspecified atom stereocenters. The van der Waals surface area contributed by atoms with Crippen molar-refractivity contribution in [2.45, 2.75) is 131 Å². The maximum Gasteiger partial charge on any atom is 0.326 e. The number of unbranched alkanes of at least 4 members (excludes halogenated alkanes) is 3. The van der Waals surface area contributed by atoms with Gasteiger partial charge in [0.05, 0.1) is 39.1 Å². The summed E-state index contributed by atoms with van der Waals surface area (Å²) in [4.78, 5) is 152. The Bertz CT molecular complexity index is 1790. The standard InChI is InChI=1S/C39H68N12O19/c40-10-4-1-7-20(44-31(61)19(43)16-52)32(62)47-23(13-28(55)56)35(65)50-26(17-53)37(67)45-21(8-2-5-11-41)33(63)48-24(14-29(57)58)36(66)51-27(18-54)38(68)46-22(9-3-6-12-42)34(64)49-25(39(69)70)15-30(59)60/h19-27,52-54H,1-18,40-43H2,(H,44,61)(H,45,67)(H,46,68)(H,47,62)(H,48,63)(H,49,64)(H,50,65)(H,51,66)(H,55,56)(H,57,58)(H,59,60)(H,69,70)/t19-,20-,21-,22-,23-,24-,25-,26-,27-/m0/s1. The van der Waals surface area contributed by atoms with Crippen molar-refractivity contribution in [1.29, 1.82) is 0 Å². The highest BCUT2D eigenvalue weighted by atomic mass is 16.4. The molecule has 0 saturated carbocycles. The molecular weight excluding hydrogens is 940 g/mol. The number of nitrogens with one attached hydrogen (secondary N) is 8. The molecule has 23 N–H and O–H groups in total. The van der Waals surface area contributed by atoms with Crippen LogP contribution in [0.2, 0.25) is 0 Å². The van der Waals surface area contributed by atoms with Crippen LogP contribution in [0.1, 0.15) is 77.0 Å². The Balaban J connectivity index is 6.41. The molecule has 0 aromatic carbocycles. The summed E-state index contributed by atoms with van der Waals surface area (Å²) in [6.45, 7) is -2.73. The van der Waals surface area contributed by atoms with Crippen molar-refractivity contribution in [2.24, 2.45) is 22.9 Å². The molecule has 0 spiro atoms. The molecule has 0 aliphatic heterocycles. The van der Waals surface area contributed by atoms with Crippen LogP contribution in [0.15, 0.2) is 0 Å². The molecule has 0 aromatic rings. The van der Waals surface area contributed by atoms with Gasteiger partial charge in [-0.15, -0.1) is 0 Å². The summed E-state index contributed by atoms with van der Waals surface area (Å²) in [5.74, 6) is -16.3. The number of nitrogens with two attached hydrogens (primary N) is 4. The highest BCUT2D eigenvalue weighted by molar-refractivity contribution is 5.99. The smallest absolute Gasteiger partial charge is 0.326 e. The van der Waals surface area contributed by atoms with Gasteiger partial charge in [0.25, 0.3) is 0 Å². The molecule has 0 rings (SSSR count). The van der Waals surface area contributed by atoms with E-state index in [9.17, 15) is 88.2 Å². The fraction of sp³-hybridized carbons (Fsp3) is 0.692. The molecule has 70 heavy (non-hydrogen) atoms. The van der Waals surface area contributed by atoms with Gasteiger partial charge in [0.1, 0.15) is 54.4 Å². The van der Waals surface area contributed by atoms with Gasteiger partial charge in [-0.25, -0.2) is 4.79 Å². The van der Waals surface area contributed by atoms with Crippen molar-refractivity contribution >= 4 is 71.1 Å². The lowest BCUT2D eigenvalue weighted by Gasteiger charge is -2.27. The molecule has 31 heteroatoms. The molecule has 0 bridgehead atoms. The number of aliphatic carboxylic acids is 4. The second-order valence-electron chi connectivity index (χ2n) is 15.6. The zero-order chi connectivity index (χ0) is 53.5. The van der Waals surface area contributed by atoms with Gasteiger partial charge >= 0.3 is 23.9 Å². The van der Waals surface area contributed by atoms with Crippen LogP contribution in [0.25, 0.3) is 0 Å². The molecule has 0 fully saturated rings. The minimum absolute atomic E-state index is 0.0663. The van der Waals surface area contributed by atoms with Crippen LogP contribution < -0.4 is 65.5 Å². The normalized spacial score (nSPS) is 14.8. The van der Waals surface area contributed by atoms with Crippen LogP contribution >= 0.6 is 0 Å². The summed E-state index contributed by atoms with van der Waals surface area (Å²) in [5.41, 5.74) is 22.1. The van der Waals surface area contributed by atoms with E-state index in [1.54, 1.807) is 0 Å². The number of carbonyl (C=O) groups excluding carboxylic acids is 8. The fourth-order valence-electron chi connectivity index (χ4n) is 6.08. The van der Waals surface area contributed by atoms with Gasteiger partial charge in [-0.3, -0.25) is 52.7 Å². The van der Waals surface area contributed by atoms with Gasteiger partial charge < -0.3 is 101 Å². The number of carboxylic acid groups (broad SMARTS) is 4. The van der Waals surface area contributed by atoms with Crippen LogP contribution in [0.4, 0.5) is 0 Å². The molecule has 9 atom stereocenters. The Morgan fingerprint density at radius 1 is 0.329 bits per heavy atom. The van der Waals surface area contributed by atoms with Gasteiger partial charge in [0, 0.05) is 0 Å². The number of hydrogen-bond acceptors (Lipinski definition) is 19. The number of amides is 8. The highest BCUT2D eigenvalue weighted by Gasteiger charge is 2.36. The van der Waals surface area contributed by atoms with E-state index in [0.29, 0.717) is 12.8 Å². The Morgan fingerprint density at radius 3 is 0.843 bits per heavy atom. The summed E-state index contributed by atoms with van der Waals surface area (Å²) >= 11 is 0. The van der Waals surface area contributed by atoms with E-state index in [4.69, 9.17) is 28.0 Å². The number of carbonyl (C=O) groups is 12. The van der Waals surface area contributed by atoms with E-state index in [0.717, 1.165) is 0 Å². The summed E-state index contributed by atoms with van der Waals surface area (Å²) in [5, 5.41) is 83.9. The summed E-state index contributed by atoms with van der Waals surface area (Å²) in [6, 6.07) is -15.9. The SMILES string of the molecule is NCCCC[C@H](NC(=O)[C@H](CO)NC(=O)[C@H](CC(=O)O)NC(=O)[C@H](CCCCN)NC(=O)[C@H](CO)NC(=O)[C@H](CC(=O)O)NC(=O)[C@H](CCCCN)NC(=O)[C@@H](N)CO)C(=O)N[C@@H](CC(=O)O)C(=O)O. The Morgan fingerprint density at radius 2 is 0.571 bits per heavy atom. The van der Waals surface area contributed by atoms with Gasteiger partial charge in [-0.2, -0.15) is 0 Å². The van der Waals surface area contributed by atoms with Crippen LogP contribution in [0.5, 0.6) is 0 Å². The second-order valence-corrected chi connectivity index (χ2v) is 15.6. The van der Waals surface area contributed by atoms with E-state index >= 15 is 0 Å². The number of carboxylic acids is 4. The van der Waals surface area contributed by atoms with Crippen LogP contribution in [-0.4, -0.2) is 201 Å². The zero-order valence-corrected chi connectivity index (χ0v) is 38.3. The van der Waals surface area contributed by atoms with Crippen molar-refractivity contribution in [1.82, 2.24) is 42.5 Å². The first-order valence-electron chi connectivity index (χ1n) is 22.0. The molecule has 0 heterocycles. The Hall–Kier alpha value is -6.64. The number of aliphatic hydroxyl groups is 3. The van der Waals surface area contributed by atoms with E-state index in [-0.39, 0.29) is 64.6 Å². The molecule has 398 valence electrons. The molecular formula is C39H68N12O19. The third-order valence-electron chi connectivity index (χ3n) is 9.92. The zero-order valence-electron chi connectivity index (χ0n) is 38.3.